The predicted molar refractivity (Wildman–Crippen MR) is 196 cm³/mol. The summed E-state index contributed by atoms with van der Waals surface area (Å²) in [5, 5.41) is 7.71. The van der Waals surface area contributed by atoms with Crippen molar-refractivity contribution in [3.63, 3.8) is 0 Å². The van der Waals surface area contributed by atoms with Crippen LogP contribution in [0.15, 0.2) is 174 Å². The Labute approximate surface area is 271 Å². The summed E-state index contributed by atoms with van der Waals surface area (Å²) in [5.74, 6) is 0. The van der Waals surface area contributed by atoms with Crippen LogP contribution >= 0.6 is 11.8 Å². The average Bonchev–Trinajstić information content (AvgIpc) is 3.44. The topological polar surface area (TPSA) is 4.93 Å². The summed E-state index contributed by atoms with van der Waals surface area (Å²) in [6.07, 6.45) is 0. The Morgan fingerprint density at radius 1 is 0.348 bits per heavy atom. The first-order valence-electron chi connectivity index (χ1n) is 15.8. The Balaban J connectivity index is 1.24. The van der Waals surface area contributed by atoms with Gasteiger partial charge >= 0.3 is 0 Å². The van der Waals surface area contributed by atoms with Crippen molar-refractivity contribution < 1.29 is 0 Å². The highest BCUT2D eigenvalue weighted by Gasteiger charge is 2.22. The molecule has 1 aliphatic heterocycles. The zero-order valence-electron chi connectivity index (χ0n) is 24.9. The highest BCUT2D eigenvalue weighted by Crippen LogP contribution is 2.50. The third kappa shape index (κ3) is 3.71. The summed E-state index contributed by atoms with van der Waals surface area (Å²) in [4.78, 5) is 2.65. The Kier molecular flexibility index (Phi) is 5.58. The molecule has 1 nitrogen and oxygen atoms in total. The van der Waals surface area contributed by atoms with Gasteiger partial charge in [0.05, 0.1) is 16.7 Å². The van der Waals surface area contributed by atoms with Crippen LogP contribution in [0.2, 0.25) is 0 Å². The van der Waals surface area contributed by atoms with Gasteiger partial charge in [-0.25, -0.2) is 0 Å². The van der Waals surface area contributed by atoms with Crippen LogP contribution in [0.3, 0.4) is 0 Å². The second-order valence-electron chi connectivity index (χ2n) is 12.1. The minimum Gasteiger partial charge on any atom is -0.309 e. The van der Waals surface area contributed by atoms with Crippen molar-refractivity contribution in [2.45, 2.75) is 9.79 Å². The molecule has 2 heteroatoms. The fraction of sp³-hybridized carbons (Fsp3) is 0. The van der Waals surface area contributed by atoms with E-state index in [0.717, 1.165) is 0 Å². The van der Waals surface area contributed by atoms with Gasteiger partial charge in [0.2, 0.25) is 0 Å². The molecule has 1 aliphatic rings. The molecule has 0 unspecified atom stereocenters. The van der Waals surface area contributed by atoms with Crippen LogP contribution in [-0.2, 0) is 0 Å². The van der Waals surface area contributed by atoms with E-state index in [1.807, 2.05) is 11.8 Å². The van der Waals surface area contributed by atoms with Crippen molar-refractivity contribution in [1.82, 2.24) is 4.57 Å². The molecule has 0 bridgehead atoms. The van der Waals surface area contributed by atoms with E-state index in [-0.39, 0.29) is 0 Å². The molecule has 0 saturated heterocycles. The normalized spacial score (nSPS) is 12.3. The molecule has 0 N–H and O–H groups in total. The maximum Gasteiger partial charge on any atom is 0.0547 e. The highest BCUT2D eigenvalue weighted by molar-refractivity contribution is 7.99. The molecule has 10 rings (SSSR count). The van der Waals surface area contributed by atoms with Crippen LogP contribution in [0.1, 0.15) is 0 Å². The van der Waals surface area contributed by atoms with E-state index in [2.05, 4.69) is 168 Å². The lowest BCUT2D eigenvalue weighted by molar-refractivity contribution is 1.18. The number of rotatable bonds is 3. The van der Waals surface area contributed by atoms with Crippen molar-refractivity contribution >= 4 is 55.1 Å². The lowest BCUT2D eigenvalue weighted by Crippen LogP contribution is -1.98. The third-order valence-corrected chi connectivity index (χ3v) is 10.7. The molecule has 2 heterocycles. The predicted octanol–water partition coefficient (Wildman–Crippen LogP) is 12.6. The molecular formula is C44H27NS. The second kappa shape index (κ2) is 9.97. The van der Waals surface area contributed by atoms with Gasteiger partial charge in [-0.15, -0.1) is 0 Å². The highest BCUT2D eigenvalue weighted by atomic mass is 32.2. The quantitative estimate of drug-likeness (QED) is 0.195. The lowest BCUT2D eigenvalue weighted by atomic mass is 9.88. The zero-order chi connectivity index (χ0) is 30.2. The molecule has 46 heavy (non-hydrogen) atoms. The first-order valence-corrected chi connectivity index (χ1v) is 16.6. The van der Waals surface area contributed by atoms with Crippen molar-refractivity contribution in [3.8, 4) is 39.1 Å². The van der Waals surface area contributed by atoms with Gasteiger partial charge in [0, 0.05) is 31.5 Å². The van der Waals surface area contributed by atoms with Gasteiger partial charge in [0.1, 0.15) is 0 Å². The summed E-state index contributed by atoms with van der Waals surface area (Å²) >= 11 is 1.88. The van der Waals surface area contributed by atoms with E-state index in [0.29, 0.717) is 0 Å². The van der Waals surface area contributed by atoms with E-state index in [9.17, 15) is 0 Å². The standard InChI is InChI=1S/C44H27NS/c1-2-13-29-27-41-38(26-28(29)12-1)34-17-6-9-22-40(34)45(41)39-21-8-5-16-33(39)31-15-4-3-14-30(31)32-24-25-43-44-36(32)19-11-20-37(44)35-18-7-10-23-42(35)46-43/h1-27H. The number of para-hydroxylation sites is 2. The molecule has 1 aromatic heterocycles. The maximum atomic E-state index is 2.47. The first-order chi connectivity index (χ1) is 22.8. The number of aromatic nitrogens is 1. The number of hydrogen-bond acceptors (Lipinski definition) is 1. The Hall–Kier alpha value is -5.57. The average molecular weight is 602 g/mol. The van der Waals surface area contributed by atoms with Crippen LogP contribution in [0.25, 0.3) is 82.4 Å². The minimum atomic E-state index is 1.18. The Morgan fingerprint density at radius 2 is 0.978 bits per heavy atom. The van der Waals surface area contributed by atoms with Gasteiger partial charge in [-0.1, -0.05) is 139 Å². The second-order valence-corrected chi connectivity index (χ2v) is 13.2. The van der Waals surface area contributed by atoms with Crippen LogP contribution in [0, 0.1) is 0 Å². The van der Waals surface area contributed by atoms with Crippen molar-refractivity contribution in [2.75, 3.05) is 0 Å². The van der Waals surface area contributed by atoms with E-state index >= 15 is 0 Å². The smallest absolute Gasteiger partial charge is 0.0547 e. The van der Waals surface area contributed by atoms with Crippen molar-refractivity contribution in [3.05, 3.63) is 164 Å². The molecule has 0 fully saturated rings. The number of nitrogens with zero attached hydrogens (tertiary/aromatic N) is 1. The SMILES string of the molecule is c1ccc2c(c1)Sc1ccc(-c3ccccc3-c3ccccc3-n3c4ccccc4c4cc5ccccc5cc43)c3cccc-2c13. The molecule has 9 aromatic rings. The summed E-state index contributed by atoms with van der Waals surface area (Å²) < 4.78 is 2.47. The van der Waals surface area contributed by atoms with Gasteiger partial charge in [-0.2, -0.15) is 0 Å². The first kappa shape index (κ1) is 25.7. The fourth-order valence-corrected chi connectivity index (χ4v) is 8.71. The summed E-state index contributed by atoms with van der Waals surface area (Å²) in [6, 6.07) is 60.2. The van der Waals surface area contributed by atoms with E-state index in [1.165, 1.54) is 92.2 Å². The number of benzene rings is 8. The van der Waals surface area contributed by atoms with Crippen LogP contribution in [-0.4, -0.2) is 4.57 Å². The maximum absolute atomic E-state index is 2.47. The van der Waals surface area contributed by atoms with Gasteiger partial charge in [-0.3, -0.25) is 0 Å². The molecule has 8 aromatic carbocycles. The molecular weight excluding hydrogens is 575 g/mol. The Morgan fingerprint density at radius 3 is 1.85 bits per heavy atom. The largest absolute Gasteiger partial charge is 0.309 e. The summed E-state index contributed by atoms with van der Waals surface area (Å²) in [5.41, 5.74) is 11.2. The van der Waals surface area contributed by atoms with Crippen LogP contribution < -0.4 is 0 Å². The summed E-state index contributed by atoms with van der Waals surface area (Å²) in [7, 11) is 0. The monoisotopic (exact) mass is 601 g/mol. The van der Waals surface area contributed by atoms with E-state index in [1.54, 1.807) is 0 Å². The van der Waals surface area contributed by atoms with Crippen LogP contribution in [0.4, 0.5) is 0 Å². The van der Waals surface area contributed by atoms with Crippen LogP contribution in [0.5, 0.6) is 0 Å². The molecule has 0 amide bonds. The molecule has 0 saturated carbocycles. The molecule has 0 aliphatic carbocycles. The third-order valence-electron chi connectivity index (χ3n) is 9.59. The minimum absolute atomic E-state index is 1.18. The molecule has 0 atom stereocenters. The fourth-order valence-electron chi connectivity index (χ4n) is 7.58. The lowest BCUT2D eigenvalue weighted by Gasteiger charge is -2.22. The van der Waals surface area contributed by atoms with Crippen molar-refractivity contribution in [1.29, 1.82) is 0 Å². The molecule has 0 spiro atoms. The van der Waals surface area contributed by atoms with Crippen molar-refractivity contribution in [2.24, 2.45) is 0 Å². The molecule has 0 radical (unpaired) electrons. The van der Waals surface area contributed by atoms with E-state index < -0.39 is 0 Å². The zero-order valence-corrected chi connectivity index (χ0v) is 25.8. The van der Waals surface area contributed by atoms with E-state index in [4.69, 9.17) is 0 Å². The Bertz CT molecular complexity index is 2680. The number of hydrogen-bond donors (Lipinski definition) is 0. The van der Waals surface area contributed by atoms with Gasteiger partial charge in [0.15, 0.2) is 0 Å². The molecule has 214 valence electrons. The van der Waals surface area contributed by atoms with Gasteiger partial charge in [0.25, 0.3) is 0 Å². The summed E-state index contributed by atoms with van der Waals surface area (Å²) in [6.45, 7) is 0. The van der Waals surface area contributed by atoms with Gasteiger partial charge in [-0.05, 0) is 80.4 Å². The van der Waals surface area contributed by atoms with Gasteiger partial charge < -0.3 is 4.57 Å². The number of fused-ring (bicyclic) bond motifs is 6.